The highest BCUT2D eigenvalue weighted by molar-refractivity contribution is 5.49. The molecular formula is C11H9F2NO3. The number of fused-ring (bicyclic) bond motifs is 1. The van der Waals surface area contributed by atoms with Crippen LogP contribution in [0.3, 0.4) is 0 Å². The van der Waals surface area contributed by atoms with Gasteiger partial charge in [0.25, 0.3) is 6.43 Å². The monoisotopic (exact) mass is 241 g/mol. The summed E-state index contributed by atoms with van der Waals surface area (Å²) in [5.41, 5.74) is 0.0425. The lowest BCUT2D eigenvalue weighted by molar-refractivity contribution is 0.145. The zero-order valence-electron chi connectivity index (χ0n) is 8.78. The topological polar surface area (TPSA) is 47.9 Å². The molecule has 0 N–H and O–H groups in total. The third-order valence-corrected chi connectivity index (χ3v) is 2.35. The maximum Gasteiger partial charge on any atom is 0.264 e. The molecule has 1 aromatic carbocycles. The predicted octanol–water partition coefficient (Wildman–Crippen LogP) is 2.23. The number of carbonyl (C=O) groups excluding carboxylic acids is 1. The van der Waals surface area contributed by atoms with Crippen molar-refractivity contribution in [1.82, 2.24) is 0 Å². The highest BCUT2D eigenvalue weighted by Gasteiger charge is 2.20. The van der Waals surface area contributed by atoms with Crippen molar-refractivity contribution in [3.63, 3.8) is 0 Å². The molecule has 1 aliphatic heterocycles. The van der Waals surface area contributed by atoms with Crippen LogP contribution in [0.5, 0.6) is 11.5 Å². The molecule has 17 heavy (non-hydrogen) atoms. The second-order valence-corrected chi connectivity index (χ2v) is 3.40. The molecule has 0 atom stereocenters. The van der Waals surface area contributed by atoms with E-state index < -0.39 is 6.43 Å². The Morgan fingerprint density at radius 1 is 1.29 bits per heavy atom. The lowest BCUT2D eigenvalue weighted by Gasteiger charge is -2.20. The summed E-state index contributed by atoms with van der Waals surface area (Å²) in [5, 5.41) is 0. The van der Waals surface area contributed by atoms with Gasteiger partial charge in [-0.1, -0.05) is 0 Å². The van der Waals surface area contributed by atoms with Gasteiger partial charge in [0.15, 0.2) is 11.5 Å². The maximum atomic E-state index is 12.8. The Morgan fingerprint density at radius 3 is 2.53 bits per heavy atom. The molecule has 1 heterocycles. The Labute approximate surface area is 95.9 Å². The van der Waals surface area contributed by atoms with Gasteiger partial charge in [-0.3, -0.25) is 0 Å². The summed E-state index contributed by atoms with van der Waals surface area (Å²) in [7, 11) is 0. The van der Waals surface area contributed by atoms with Gasteiger partial charge in [-0.2, -0.15) is 0 Å². The highest BCUT2D eigenvalue weighted by atomic mass is 19.3. The fourth-order valence-corrected chi connectivity index (χ4v) is 1.60. The number of rotatable bonds is 3. The van der Waals surface area contributed by atoms with Crippen LogP contribution in [-0.2, 0) is 11.3 Å². The van der Waals surface area contributed by atoms with E-state index in [0.29, 0.717) is 24.7 Å². The average molecular weight is 241 g/mol. The van der Waals surface area contributed by atoms with Crippen molar-refractivity contribution in [2.75, 3.05) is 13.2 Å². The van der Waals surface area contributed by atoms with E-state index in [0.717, 1.165) is 0 Å². The number of hydrogen-bond donors (Lipinski definition) is 0. The first-order valence-corrected chi connectivity index (χ1v) is 4.96. The van der Waals surface area contributed by atoms with Crippen LogP contribution in [-0.4, -0.2) is 19.3 Å². The largest absolute Gasteiger partial charge is 0.486 e. The molecule has 2 rings (SSSR count). The van der Waals surface area contributed by atoms with E-state index in [1.54, 1.807) is 0 Å². The molecule has 0 radical (unpaired) electrons. The summed E-state index contributed by atoms with van der Waals surface area (Å²) in [6.45, 7) is 0.568. The summed E-state index contributed by atoms with van der Waals surface area (Å²) in [6.07, 6.45) is -1.33. The van der Waals surface area contributed by atoms with Gasteiger partial charge in [0, 0.05) is 5.56 Å². The van der Waals surface area contributed by atoms with Gasteiger partial charge in [-0.05, 0) is 17.7 Å². The fourth-order valence-electron chi connectivity index (χ4n) is 1.60. The van der Waals surface area contributed by atoms with E-state index in [4.69, 9.17) is 9.47 Å². The number of halogens is 2. The zero-order chi connectivity index (χ0) is 12.3. The van der Waals surface area contributed by atoms with Crippen molar-refractivity contribution in [2.24, 2.45) is 4.99 Å². The van der Waals surface area contributed by atoms with Gasteiger partial charge in [0.1, 0.15) is 13.2 Å². The Balaban J connectivity index is 2.43. The first kappa shape index (κ1) is 11.5. The maximum absolute atomic E-state index is 12.8. The van der Waals surface area contributed by atoms with Crippen LogP contribution in [0.2, 0.25) is 0 Å². The minimum atomic E-state index is -2.65. The van der Waals surface area contributed by atoms with Crippen LogP contribution in [0.1, 0.15) is 17.6 Å². The van der Waals surface area contributed by atoms with Crippen LogP contribution in [0, 0.1) is 0 Å². The van der Waals surface area contributed by atoms with Crippen LogP contribution in [0.25, 0.3) is 0 Å². The smallest absolute Gasteiger partial charge is 0.264 e. The van der Waals surface area contributed by atoms with Crippen molar-refractivity contribution in [3.05, 3.63) is 23.3 Å². The van der Waals surface area contributed by atoms with Gasteiger partial charge in [-0.25, -0.2) is 18.6 Å². The van der Waals surface area contributed by atoms with Gasteiger partial charge in [0.05, 0.1) is 6.54 Å². The Kier molecular flexibility index (Phi) is 3.35. The molecule has 0 amide bonds. The molecule has 0 saturated heterocycles. The van der Waals surface area contributed by atoms with Crippen molar-refractivity contribution in [2.45, 2.75) is 13.0 Å². The number of hydrogen-bond acceptors (Lipinski definition) is 4. The zero-order valence-corrected chi connectivity index (χ0v) is 8.78. The standard InChI is InChI=1S/C11H9F2NO3/c12-11(13)8-4-10-9(16-1-2-17-10)3-7(8)5-14-6-15/h3-4,11H,1-2,5H2. The molecule has 0 unspecified atom stereocenters. The number of alkyl halides is 2. The quantitative estimate of drug-likeness (QED) is 0.602. The molecule has 0 aromatic heterocycles. The normalized spacial score (nSPS) is 13.4. The van der Waals surface area contributed by atoms with Crippen molar-refractivity contribution in [1.29, 1.82) is 0 Å². The number of benzene rings is 1. The Hall–Kier alpha value is -1.94. The van der Waals surface area contributed by atoms with Gasteiger partial charge in [-0.15, -0.1) is 0 Å². The van der Waals surface area contributed by atoms with Crippen LogP contribution in [0.4, 0.5) is 8.78 Å². The summed E-state index contributed by atoms with van der Waals surface area (Å²) in [4.78, 5) is 13.3. The lowest BCUT2D eigenvalue weighted by Crippen LogP contribution is -2.16. The molecular weight excluding hydrogens is 232 g/mol. The van der Waals surface area contributed by atoms with Gasteiger partial charge in [0.2, 0.25) is 6.08 Å². The molecule has 90 valence electrons. The summed E-state index contributed by atoms with van der Waals surface area (Å²) < 4.78 is 36.1. The molecule has 1 aromatic rings. The van der Waals surface area contributed by atoms with Crippen LogP contribution < -0.4 is 9.47 Å². The number of nitrogens with zero attached hydrogens (tertiary/aromatic N) is 1. The SMILES string of the molecule is O=C=NCc1cc2c(cc1C(F)F)OCCO2. The summed E-state index contributed by atoms with van der Waals surface area (Å²) in [5.74, 6) is 0.696. The third kappa shape index (κ3) is 2.42. The molecule has 4 nitrogen and oxygen atoms in total. The van der Waals surface area contributed by atoms with Crippen molar-refractivity contribution >= 4 is 6.08 Å². The fraction of sp³-hybridized carbons (Fsp3) is 0.364. The second-order valence-electron chi connectivity index (χ2n) is 3.40. The second kappa shape index (κ2) is 4.93. The first-order chi connectivity index (χ1) is 8.22. The highest BCUT2D eigenvalue weighted by Crippen LogP contribution is 2.37. The van der Waals surface area contributed by atoms with Crippen LogP contribution >= 0.6 is 0 Å². The molecule has 6 heteroatoms. The average Bonchev–Trinajstić information content (AvgIpc) is 2.35. The van der Waals surface area contributed by atoms with E-state index in [2.05, 4.69) is 4.99 Å². The van der Waals surface area contributed by atoms with Gasteiger partial charge < -0.3 is 9.47 Å². The van der Waals surface area contributed by atoms with Crippen LogP contribution in [0.15, 0.2) is 17.1 Å². The van der Waals surface area contributed by atoms with Gasteiger partial charge >= 0.3 is 0 Å². The molecule has 0 aliphatic carbocycles. The Morgan fingerprint density at radius 2 is 1.94 bits per heavy atom. The lowest BCUT2D eigenvalue weighted by atomic mass is 10.1. The number of aliphatic imine (C=N–C) groups is 1. The minimum absolute atomic E-state index is 0.139. The van der Waals surface area contributed by atoms with E-state index in [1.165, 1.54) is 18.2 Å². The van der Waals surface area contributed by atoms with Crippen molar-refractivity contribution < 1.29 is 23.0 Å². The van der Waals surface area contributed by atoms with E-state index in [-0.39, 0.29) is 17.7 Å². The molecule has 0 saturated carbocycles. The molecule has 0 fully saturated rings. The number of ether oxygens (including phenoxy) is 2. The third-order valence-electron chi connectivity index (χ3n) is 2.35. The molecule has 0 bridgehead atoms. The van der Waals surface area contributed by atoms with E-state index >= 15 is 0 Å². The van der Waals surface area contributed by atoms with E-state index in [9.17, 15) is 13.6 Å². The molecule has 1 aliphatic rings. The molecule has 0 spiro atoms. The predicted molar refractivity (Wildman–Crippen MR) is 54.2 cm³/mol. The Bertz CT molecular complexity index is 470. The van der Waals surface area contributed by atoms with Crippen molar-refractivity contribution in [3.8, 4) is 11.5 Å². The first-order valence-electron chi connectivity index (χ1n) is 4.96. The number of isocyanates is 1. The summed E-state index contributed by atoms with van der Waals surface area (Å²) >= 11 is 0. The van der Waals surface area contributed by atoms with E-state index in [1.807, 2.05) is 0 Å². The summed E-state index contributed by atoms with van der Waals surface area (Å²) in [6, 6.07) is 2.66. The minimum Gasteiger partial charge on any atom is -0.486 e.